The van der Waals surface area contributed by atoms with E-state index >= 15 is 0 Å². The van der Waals surface area contributed by atoms with Crippen molar-refractivity contribution in [1.29, 1.82) is 0 Å². The molecule has 0 amide bonds. The number of nitro groups is 1. The molecule has 0 aliphatic carbocycles. The average Bonchev–Trinajstić information content (AvgIpc) is 2.93. The normalized spacial score (nSPS) is 11.0. The summed E-state index contributed by atoms with van der Waals surface area (Å²) in [6.45, 7) is 5.46. The van der Waals surface area contributed by atoms with Crippen LogP contribution in [0.3, 0.4) is 0 Å². The third kappa shape index (κ3) is 4.42. The molecule has 8 nitrogen and oxygen atoms in total. The molecule has 0 aliphatic rings. The molecule has 0 saturated carbocycles. The smallest absolute Gasteiger partial charge is 0.315 e. The summed E-state index contributed by atoms with van der Waals surface area (Å²) >= 11 is 1.42. The molecule has 1 heterocycles. The fourth-order valence-corrected chi connectivity index (χ4v) is 2.53. The van der Waals surface area contributed by atoms with Crippen LogP contribution in [0.1, 0.15) is 25.1 Å². The summed E-state index contributed by atoms with van der Waals surface area (Å²) in [5.74, 6) is 0.391. The minimum atomic E-state index is -0.505. The first-order chi connectivity index (χ1) is 11.4. The Balaban J connectivity index is 2.29. The van der Waals surface area contributed by atoms with Gasteiger partial charge in [0.15, 0.2) is 5.75 Å². The van der Waals surface area contributed by atoms with Crippen molar-refractivity contribution in [2.24, 2.45) is 5.10 Å². The molecule has 0 saturated heterocycles. The fraction of sp³-hybridized carbons (Fsp3) is 0.333. The van der Waals surface area contributed by atoms with E-state index in [4.69, 9.17) is 9.47 Å². The van der Waals surface area contributed by atoms with Gasteiger partial charge in [0.05, 0.1) is 30.0 Å². The number of thiazole rings is 1. The number of nitrogens with zero attached hydrogens (tertiary/aromatic N) is 3. The van der Waals surface area contributed by atoms with E-state index in [1.54, 1.807) is 19.9 Å². The predicted octanol–water partition coefficient (Wildman–Crippen LogP) is 3.60. The summed E-state index contributed by atoms with van der Waals surface area (Å²) in [6.07, 6.45) is 1.25. The third-order valence-electron chi connectivity index (χ3n) is 2.82. The van der Waals surface area contributed by atoms with Crippen molar-refractivity contribution in [1.82, 2.24) is 4.98 Å². The molecule has 0 fully saturated rings. The Hall–Kier alpha value is -2.68. The quantitative estimate of drug-likeness (QED) is 0.465. The van der Waals surface area contributed by atoms with Gasteiger partial charge in [-0.2, -0.15) is 5.10 Å². The highest BCUT2D eigenvalue weighted by Gasteiger charge is 2.22. The van der Waals surface area contributed by atoms with Gasteiger partial charge in [-0.1, -0.05) is 0 Å². The van der Waals surface area contributed by atoms with Crippen molar-refractivity contribution in [3.63, 3.8) is 0 Å². The molecule has 128 valence electrons. The molecule has 24 heavy (non-hydrogen) atoms. The van der Waals surface area contributed by atoms with Gasteiger partial charge in [0.1, 0.15) is 0 Å². The molecular weight excluding hydrogens is 332 g/mol. The van der Waals surface area contributed by atoms with Crippen LogP contribution in [0.5, 0.6) is 11.5 Å². The zero-order valence-corrected chi connectivity index (χ0v) is 14.6. The Kier molecular flexibility index (Phi) is 5.69. The van der Waals surface area contributed by atoms with Gasteiger partial charge in [-0.3, -0.25) is 15.5 Å². The molecule has 0 atom stereocenters. The van der Waals surface area contributed by atoms with Crippen molar-refractivity contribution in [2.75, 3.05) is 12.5 Å². The van der Waals surface area contributed by atoms with Crippen molar-refractivity contribution in [3.05, 3.63) is 38.9 Å². The average molecular weight is 350 g/mol. The van der Waals surface area contributed by atoms with Crippen molar-refractivity contribution in [3.8, 4) is 11.5 Å². The number of hydrogen-bond donors (Lipinski definition) is 1. The number of hydrazone groups is 1. The van der Waals surface area contributed by atoms with Gasteiger partial charge in [-0.15, -0.1) is 11.3 Å². The van der Waals surface area contributed by atoms with E-state index in [0.29, 0.717) is 10.7 Å². The van der Waals surface area contributed by atoms with E-state index in [1.165, 1.54) is 30.7 Å². The number of rotatable bonds is 7. The zero-order chi connectivity index (χ0) is 17.7. The first-order valence-electron chi connectivity index (χ1n) is 7.15. The maximum Gasteiger partial charge on any atom is 0.315 e. The lowest BCUT2D eigenvalue weighted by molar-refractivity contribution is -0.386. The third-order valence-corrected chi connectivity index (χ3v) is 3.69. The molecular formula is C15H18N4O4S. The summed E-state index contributed by atoms with van der Waals surface area (Å²) < 4.78 is 10.7. The summed E-state index contributed by atoms with van der Waals surface area (Å²) in [5.41, 5.74) is 4.01. The predicted molar refractivity (Wildman–Crippen MR) is 93.5 cm³/mol. The number of hydrogen-bond acceptors (Lipinski definition) is 8. The van der Waals surface area contributed by atoms with E-state index in [9.17, 15) is 10.1 Å². The maximum atomic E-state index is 11.3. The first-order valence-corrected chi connectivity index (χ1v) is 8.03. The van der Waals surface area contributed by atoms with Gasteiger partial charge in [0.2, 0.25) is 10.9 Å². The number of ether oxygens (including phenoxy) is 2. The van der Waals surface area contributed by atoms with Crippen LogP contribution in [-0.2, 0) is 0 Å². The minimum absolute atomic E-state index is 0.109. The van der Waals surface area contributed by atoms with Gasteiger partial charge in [-0.05, 0) is 26.8 Å². The van der Waals surface area contributed by atoms with Gasteiger partial charge < -0.3 is 9.47 Å². The van der Waals surface area contributed by atoms with Crippen LogP contribution in [-0.4, -0.2) is 29.3 Å². The van der Waals surface area contributed by atoms with Crippen molar-refractivity contribution in [2.45, 2.75) is 26.9 Å². The number of aryl methyl sites for hydroxylation is 1. The summed E-state index contributed by atoms with van der Waals surface area (Å²) in [6, 6.07) is 3.02. The molecule has 1 aromatic heterocycles. The van der Waals surface area contributed by atoms with E-state index in [2.05, 4.69) is 15.5 Å². The van der Waals surface area contributed by atoms with Crippen molar-refractivity contribution >= 4 is 28.4 Å². The molecule has 0 aliphatic heterocycles. The highest BCUT2D eigenvalue weighted by Crippen LogP contribution is 2.38. The highest BCUT2D eigenvalue weighted by molar-refractivity contribution is 7.13. The molecule has 0 unspecified atom stereocenters. The SMILES string of the molecule is COc1cc(/C=N\Nc2nc(C)cs2)cc([N+](=O)[O-])c1OC(C)C. The fourth-order valence-electron chi connectivity index (χ4n) is 1.89. The number of nitro benzene ring substituents is 1. The second-order valence-corrected chi connectivity index (χ2v) is 6.02. The van der Waals surface area contributed by atoms with E-state index in [-0.39, 0.29) is 23.3 Å². The Morgan fingerprint density at radius 3 is 2.75 bits per heavy atom. The number of aromatic nitrogens is 1. The Bertz CT molecular complexity index is 758. The van der Waals surface area contributed by atoms with Crippen LogP contribution in [0.15, 0.2) is 22.6 Å². The van der Waals surface area contributed by atoms with Crippen LogP contribution in [0, 0.1) is 17.0 Å². The number of benzene rings is 1. The first kappa shape index (κ1) is 17.7. The molecule has 0 spiro atoms. The largest absolute Gasteiger partial charge is 0.493 e. The monoisotopic (exact) mass is 350 g/mol. The Labute approximate surface area is 143 Å². The maximum absolute atomic E-state index is 11.3. The van der Waals surface area contributed by atoms with Gasteiger partial charge >= 0.3 is 5.69 Å². The molecule has 1 aromatic carbocycles. The van der Waals surface area contributed by atoms with Crippen LogP contribution in [0.25, 0.3) is 0 Å². The molecule has 2 aromatic rings. The second-order valence-electron chi connectivity index (χ2n) is 5.16. The Morgan fingerprint density at radius 2 is 2.21 bits per heavy atom. The topological polar surface area (TPSA) is 98.9 Å². The standard InChI is InChI=1S/C15H18N4O4S/c1-9(2)23-14-12(19(20)21)5-11(6-13(14)22-4)7-16-18-15-17-10(3)8-24-15/h5-9H,1-4H3,(H,17,18)/b16-7-. The summed E-state index contributed by atoms with van der Waals surface area (Å²) in [4.78, 5) is 15.0. The van der Waals surface area contributed by atoms with E-state index in [0.717, 1.165) is 5.69 Å². The number of nitrogens with one attached hydrogen (secondary N) is 1. The minimum Gasteiger partial charge on any atom is -0.493 e. The van der Waals surface area contributed by atoms with Crippen molar-refractivity contribution < 1.29 is 14.4 Å². The molecule has 9 heteroatoms. The molecule has 0 radical (unpaired) electrons. The number of methoxy groups -OCH3 is 1. The Morgan fingerprint density at radius 1 is 1.46 bits per heavy atom. The van der Waals surface area contributed by atoms with Crippen LogP contribution in [0.4, 0.5) is 10.8 Å². The zero-order valence-electron chi connectivity index (χ0n) is 13.8. The number of anilines is 1. The van der Waals surface area contributed by atoms with Crippen LogP contribution < -0.4 is 14.9 Å². The molecule has 2 rings (SSSR count). The van der Waals surface area contributed by atoms with Crippen LogP contribution >= 0.6 is 11.3 Å². The lowest BCUT2D eigenvalue weighted by Crippen LogP contribution is -2.09. The highest BCUT2D eigenvalue weighted by atomic mass is 32.1. The van der Waals surface area contributed by atoms with Gasteiger partial charge in [0.25, 0.3) is 0 Å². The molecule has 1 N–H and O–H groups in total. The lowest BCUT2D eigenvalue weighted by atomic mass is 10.2. The summed E-state index contributed by atoms with van der Waals surface area (Å²) in [5, 5.41) is 17.9. The van der Waals surface area contributed by atoms with E-state index in [1.807, 2.05) is 12.3 Å². The summed E-state index contributed by atoms with van der Waals surface area (Å²) in [7, 11) is 1.43. The second kappa shape index (κ2) is 7.73. The van der Waals surface area contributed by atoms with Crippen LogP contribution in [0.2, 0.25) is 0 Å². The van der Waals surface area contributed by atoms with Gasteiger partial charge in [0, 0.05) is 17.0 Å². The van der Waals surface area contributed by atoms with E-state index < -0.39 is 4.92 Å². The lowest BCUT2D eigenvalue weighted by Gasteiger charge is -2.14. The molecule has 0 bridgehead atoms. The van der Waals surface area contributed by atoms with Gasteiger partial charge in [-0.25, -0.2) is 4.98 Å².